The number of para-hydroxylation sites is 1. The van der Waals surface area contributed by atoms with Crippen molar-refractivity contribution in [2.24, 2.45) is 0 Å². The molecule has 0 saturated heterocycles. The third-order valence-electron chi connectivity index (χ3n) is 3.70. The van der Waals surface area contributed by atoms with Crippen molar-refractivity contribution in [2.45, 2.75) is 6.54 Å². The van der Waals surface area contributed by atoms with E-state index in [0.29, 0.717) is 34.2 Å². The highest BCUT2D eigenvalue weighted by molar-refractivity contribution is 6.30. The normalized spacial score (nSPS) is 10.0. The number of carbonyl (C=O) groups is 1. The Balaban J connectivity index is 1.69. The summed E-state index contributed by atoms with van der Waals surface area (Å²) >= 11 is 5.88. The van der Waals surface area contributed by atoms with Gasteiger partial charge in [-0.1, -0.05) is 35.9 Å². The molecule has 0 aliphatic rings. The molecule has 6 heteroatoms. The molecule has 1 amide bonds. The first-order valence-electron chi connectivity index (χ1n) is 7.90. The van der Waals surface area contributed by atoms with Gasteiger partial charge in [0, 0.05) is 23.3 Å². The summed E-state index contributed by atoms with van der Waals surface area (Å²) in [6.07, 6.45) is 1.56. The fourth-order valence-corrected chi connectivity index (χ4v) is 2.47. The van der Waals surface area contributed by atoms with Crippen LogP contribution in [0.3, 0.4) is 0 Å². The lowest BCUT2D eigenvalue weighted by atomic mass is 10.1. The maximum Gasteiger partial charge on any atom is 0.255 e. The van der Waals surface area contributed by atoms with E-state index in [1.807, 2.05) is 24.3 Å². The molecule has 0 saturated carbocycles. The van der Waals surface area contributed by atoms with Gasteiger partial charge in [0.15, 0.2) is 0 Å². The number of carbonyl (C=O) groups excluding carboxylic acids is 1. The van der Waals surface area contributed by atoms with Gasteiger partial charge in [-0.05, 0) is 42.0 Å². The minimum Gasteiger partial charge on any atom is -0.366 e. The molecule has 128 valence electrons. The van der Waals surface area contributed by atoms with Gasteiger partial charge in [0.25, 0.3) is 5.91 Å². The minimum absolute atomic E-state index is 0.301. The fraction of sp³-hybridized carbons (Fsp3) is 0.0500. The number of pyridine rings is 1. The molecule has 0 fully saturated rings. The number of anilines is 2. The van der Waals surface area contributed by atoms with E-state index in [4.69, 9.17) is 16.9 Å². The van der Waals surface area contributed by atoms with Gasteiger partial charge >= 0.3 is 0 Å². The Morgan fingerprint density at radius 1 is 1.12 bits per heavy atom. The summed E-state index contributed by atoms with van der Waals surface area (Å²) in [5.41, 5.74) is 2.39. The van der Waals surface area contributed by atoms with E-state index < -0.39 is 0 Å². The molecule has 26 heavy (non-hydrogen) atoms. The molecule has 0 atom stereocenters. The molecule has 1 aromatic heterocycles. The lowest BCUT2D eigenvalue weighted by Gasteiger charge is -2.09. The van der Waals surface area contributed by atoms with Crippen LogP contribution >= 0.6 is 11.6 Å². The predicted octanol–water partition coefficient (Wildman–Crippen LogP) is 4.47. The molecule has 0 aliphatic carbocycles. The Bertz CT molecular complexity index is 964. The van der Waals surface area contributed by atoms with E-state index in [0.717, 1.165) is 5.56 Å². The third-order valence-corrected chi connectivity index (χ3v) is 3.96. The summed E-state index contributed by atoms with van der Waals surface area (Å²) in [7, 11) is 0. The summed E-state index contributed by atoms with van der Waals surface area (Å²) in [4.78, 5) is 16.7. The summed E-state index contributed by atoms with van der Waals surface area (Å²) in [5.74, 6) is 0.283. The number of rotatable bonds is 5. The minimum atomic E-state index is -0.301. The highest BCUT2D eigenvalue weighted by Crippen LogP contribution is 2.16. The monoisotopic (exact) mass is 362 g/mol. The van der Waals surface area contributed by atoms with Gasteiger partial charge in [-0.25, -0.2) is 4.98 Å². The number of hydrogen-bond acceptors (Lipinski definition) is 4. The van der Waals surface area contributed by atoms with Crippen LogP contribution < -0.4 is 10.6 Å². The molecule has 0 aliphatic heterocycles. The van der Waals surface area contributed by atoms with Crippen LogP contribution in [0.2, 0.25) is 5.02 Å². The Morgan fingerprint density at radius 2 is 1.88 bits per heavy atom. The summed E-state index contributed by atoms with van der Waals surface area (Å²) in [6.45, 7) is 0.562. The predicted molar refractivity (Wildman–Crippen MR) is 102 cm³/mol. The van der Waals surface area contributed by atoms with Crippen LogP contribution in [0.1, 0.15) is 21.5 Å². The van der Waals surface area contributed by atoms with E-state index in [1.54, 1.807) is 42.6 Å². The van der Waals surface area contributed by atoms with Gasteiger partial charge in [0.1, 0.15) is 11.9 Å². The topological polar surface area (TPSA) is 77.8 Å². The van der Waals surface area contributed by atoms with Crippen LogP contribution in [0.15, 0.2) is 66.9 Å². The first-order valence-corrected chi connectivity index (χ1v) is 8.28. The first-order chi connectivity index (χ1) is 12.7. The zero-order chi connectivity index (χ0) is 18.4. The average molecular weight is 363 g/mol. The molecular weight excluding hydrogens is 348 g/mol. The van der Waals surface area contributed by atoms with Crippen molar-refractivity contribution in [3.05, 3.63) is 88.6 Å². The molecule has 2 N–H and O–H groups in total. The van der Waals surface area contributed by atoms with Crippen molar-refractivity contribution in [1.82, 2.24) is 4.98 Å². The van der Waals surface area contributed by atoms with E-state index in [-0.39, 0.29) is 5.91 Å². The number of halogens is 1. The maximum atomic E-state index is 12.5. The van der Waals surface area contributed by atoms with Crippen molar-refractivity contribution < 1.29 is 4.79 Å². The maximum absolute atomic E-state index is 12.5. The second kappa shape index (κ2) is 8.15. The highest BCUT2D eigenvalue weighted by atomic mass is 35.5. The van der Waals surface area contributed by atoms with Crippen LogP contribution in [0.25, 0.3) is 0 Å². The van der Waals surface area contributed by atoms with E-state index >= 15 is 0 Å². The Hall–Kier alpha value is -3.36. The molecular formula is C20H15ClN4O. The molecule has 0 radical (unpaired) electrons. The largest absolute Gasteiger partial charge is 0.366 e. The molecule has 0 spiro atoms. The second-order valence-corrected chi connectivity index (χ2v) is 5.96. The summed E-state index contributed by atoms with van der Waals surface area (Å²) < 4.78 is 0. The van der Waals surface area contributed by atoms with Gasteiger partial charge in [-0.3, -0.25) is 4.79 Å². The molecule has 5 nitrogen and oxygen atoms in total. The van der Waals surface area contributed by atoms with Crippen molar-refractivity contribution in [3.63, 3.8) is 0 Å². The number of amides is 1. The van der Waals surface area contributed by atoms with Crippen LogP contribution in [-0.2, 0) is 6.54 Å². The molecule has 1 heterocycles. The first kappa shape index (κ1) is 17.5. The van der Waals surface area contributed by atoms with Crippen LogP contribution in [0, 0.1) is 11.3 Å². The van der Waals surface area contributed by atoms with Crippen molar-refractivity contribution in [2.75, 3.05) is 10.6 Å². The fourth-order valence-electron chi connectivity index (χ4n) is 2.35. The summed E-state index contributed by atoms with van der Waals surface area (Å²) in [6, 6.07) is 19.7. The number of nitriles is 1. The van der Waals surface area contributed by atoms with Crippen molar-refractivity contribution >= 4 is 29.0 Å². The Kier molecular flexibility index (Phi) is 5.47. The summed E-state index contributed by atoms with van der Waals surface area (Å²) in [5, 5.41) is 15.7. The number of hydrogen-bond donors (Lipinski definition) is 2. The third kappa shape index (κ3) is 4.38. The Labute approximate surface area is 156 Å². The SMILES string of the molecule is N#Cc1ccccc1NC(=O)c1ccnc(NCc2ccc(Cl)cc2)c1. The smallest absolute Gasteiger partial charge is 0.255 e. The lowest BCUT2D eigenvalue weighted by molar-refractivity contribution is 0.102. The molecule has 0 bridgehead atoms. The number of nitrogens with zero attached hydrogens (tertiary/aromatic N) is 2. The van der Waals surface area contributed by atoms with Crippen molar-refractivity contribution in [3.8, 4) is 6.07 Å². The average Bonchev–Trinajstić information content (AvgIpc) is 2.68. The quantitative estimate of drug-likeness (QED) is 0.701. The molecule has 0 unspecified atom stereocenters. The van der Waals surface area contributed by atoms with Gasteiger partial charge in [0.05, 0.1) is 11.3 Å². The van der Waals surface area contributed by atoms with Gasteiger partial charge in [-0.2, -0.15) is 5.26 Å². The van der Waals surface area contributed by atoms with Crippen LogP contribution in [-0.4, -0.2) is 10.9 Å². The lowest BCUT2D eigenvalue weighted by Crippen LogP contribution is -2.13. The Morgan fingerprint density at radius 3 is 2.65 bits per heavy atom. The zero-order valence-corrected chi connectivity index (χ0v) is 14.5. The van der Waals surface area contributed by atoms with Gasteiger partial charge in [-0.15, -0.1) is 0 Å². The van der Waals surface area contributed by atoms with Gasteiger partial charge in [0.2, 0.25) is 0 Å². The van der Waals surface area contributed by atoms with E-state index in [2.05, 4.69) is 21.7 Å². The standard InChI is InChI=1S/C20H15ClN4O/c21-17-7-5-14(6-8-17)13-24-19-11-15(9-10-23-19)20(26)25-18-4-2-1-3-16(18)12-22/h1-11H,13H2,(H,23,24)(H,25,26). The number of aromatic nitrogens is 1. The van der Waals surface area contributed by atoms with Crippen LogP contribution in [0.5, 0.6) is 0 Å². The van der Waals surface area contributed by atoms with Crippen LogP contribution in [0.4, 0.5) is 11.5 Å². The zero-order valence-electron chi connectivity index (χ0n) is 13.7. The number of nitrogens with one attached hydrogen (secondary N) is 2. The van der Waals surface area contributed by atoms with Crippen molar-refractivity contribution in [1.29, 1.82) is 5.26 Å². The number of benzene rings is 2. The van der Waals surface area contributed by atoms with Gasteiger partial charge < -0.3 is 10.6 Å². The molecule has 3 aromatic rings. The van der Waals surface area contributed by atoms with E-state index in [9.17, 15) is 4.79 Å². The molecule has 3 rings (SSSR count). The molecule has 2 aromatic carbocycles. The second-order valence-electron chi connectivity index (χ2n) is 5.52. The highest BCUT2D eigenvalue weighted by Gasteiger charge is 2.10. The van der Waals surface area contributed by atoms with E-state index in [1.165, 1.54) is 0 Å².